The largest absolute Gasteiger partial charge is 0.379 e. The van der Waals surface area contributed by atoms with Gasteiger partial charge in [-0.1, -0.05) is 0 Å². The van der Waals surface area contributed by atoms with Crippen LogP contribution in [0.1, 0.15) is 6.42 Å². The van der Waals surface area contributed by atoms with Gasteiger partial charge in [-0.2, -0.15) is 0 Å². The summed E-state index contributed by atoms with van der Waals surface area (Å²) in [4.78, 5) is 11.4. The summed E-state index contributed by atoms with van der Waals surface area (Å²) in [6.45, 7) is 1.27. The Bertz CT molecular complexity index is 349. The molecule has 1 fully saturated rings. The van der Waals surface area contributed by atoms with Crippen LogP contribution in [0.15, 0.2) is 0 Å². The van der Waals surface area contributed by atoms with Crippen molar-refractivity contribution in [2.75, 3.05) is 39.6 Å². The first-order valence-electron chi connectivity index (χ1n) is 5.44. The maximum atomic E-state index is 11.4. The molecule has 0 spiro atoms. The van der Waals surface area contributed by atoms with Crippen LogP contribution < -0.4 is 10.6 Å². The molecule has 1 unspecified atom stereocenters. The molecular formula is C9H19N3O4S. The van der Waals surface area contributed by atoms with E-state index in [0.717, 1.165) is 10.7 Å². The van der Waals surface area contributed by atoms with Crippen molar-refractivity contribution in [2.45, 2.75) is 12.5 Å². The van der Waals surface area contributed by atoms with E-state index in [4.69, 9.17) is 4.74 Å². The number of ether oxygens (including phenoxy) is 1. The highest BCUT2D eigenvalue weighted by Gasteiger charge is 2.18. The average molecular weight is 265 g/mol. The molecule has 1 heterocycles. The normalized spacial score (nSPS) is 20.5. The first-order chi connectivity index (χ1) is 7.92. The maximum absolute atomic E-state index is 11.4. The second kappa shape index (κ2) is 6.18. The van der Waals surface area contributed by atoms with Crippen LogP contribution in [0.4, 0.5) is 4.79 Å². The van der Waals surface area contributed by atoms with E-state index in [1.54, 1.807) is 0 Å². The molecule has 1 aliphatic heterocycles. The highest BCUT2D eigenvalue weighted by Crippen LogP contribution is 2.02. The van der Waals surface area contributed by atoms with Crippen molar-refractivity contribution in [3.05, 3.63) is 0 Å². The Balaban J connectivity index is 2.20. The van der Waals surface area contributed by atoms with Crippen molar-refractivity contribution in [3.63, 3.8) is 0 Å². The molecular weight excluding hydrogens is 246 g/mol. The summed E-state index contributed by atoms with van der Waals surface area (Å²) in [5, 5.41) is 5.22. The second-order valence-corrected chi connectivity index (χ2v) is 6.36. The van der Waals surface area contributed by atoms with Crippen LogP contribution in [0.5, 0.6) is 0 Å². The van der Waals surface area contributed by atoms with E-state index < -0.39 is 10.0 Å². The number of carbonyl (C=O) groups is 1. The van der Waals surface area contributed by atoms with Crippen LogP contribution in [0.3, 0.4) is 0 Å². The van der Waals surface area contributed by atoms with Gasteiger partial charge in [0.1, 0.15) is 0 Å². The average Bonchev–Trinajstić information content (AvgIpc) is 2.69. The fourth-order valence-electron chi connectivity index (χ4n) is 1.36. The Kier molecular flexibility index (Phi) is 5.16. The van der Waals surface area contributed by atoms with Gasteiger partial charge in [0, 0.05) is 27.2 Å². The number of hydrogen-bond acceptors (Lipinski definition) is 4. The Morgan fingerprint density at radius 1 is 1.47 bits per heavy atom. The van der Waals surface area contributed by atoms with Crippen LogP contribution in [0, 0.1) is 0 Å². The van der Waals surface area contributed by atoms with Crippen LogP contribution in [0.25, 0.3) is 0 Å². The third-order valence-corrected chi connectivity index (χ3v) is 4.30. The standard InChI is InChI=1S/C9H19N3O4S/c1-12(2)17(14,15)6-4-10-9(13)11-8-3-5-16-7-8/h8H,3-7H2,1-2H3,(H2,10,11,13). The fourth-order valence-corrected chi connectivity index (χ4v) is 2.09. The number of nitrogens with one attached hydrogen (secondary N) is 2. The third kappa shape index (κ3) is 4.88. The van der Waals surface area contributed by atoms with E-state index in [1.807, 2.05) is 0 Å². The predicted octanol–water partition coefficient (Wildman–Crippen LogP) is -1.03. The Hall–Kier alpha value is -0.860. The summed E-state index contributed by atoms with van der Waals surface area (Å²) in [5.74, 6) is -0.103. The predicted molar refractivity (Wildman–Crippen MR) is 63.2 cm³/mol. The Morgan fingerprint density at radius 2 is 2.18 bits per heavy atom. The first-order valence-corrected chi connectivity index (χ1v) is 7.05. The van der Waals surface area contributed by atoms with E-state index in [0.29, 0.717) is 13.2 Å². The van der Waals surface area contributed by atoms with Gasteiger partial charge in [0.25, 0.3) is 0 Å². The summed E-state index contributed by atoms with van der Waals surface area (Å²) in [5.41, 5.74) is 0. The van der Waals surface area contributed by atoms with Crippen molar-refractivity contribution in [1.82, 2.24) is 14.9 Å². The van der Waals surface area contributed by atoms with Gasteiger partial charge >= 0.3 is 6.03 Å². The van der Waals surface area contributed by atoms with Crippen LogP contribution in [0.2, 0.25) is 0 Å². The van der Waals surface area contributed by atoms with Crippen LogP contribution in [-0.4, -0.2) is 64.4 Å². The number of rotatable bonds is 5. The van der Waals surface area contributed by atoms with Crippen molar-refractivity contribution in [1.29, 1.82) is 0 Å². The van der Waals surface area contributed by atoms with Crippen LogP contribution in [-0.2, 0) is 14.8 Å². The second-order valence-electron chi connectivity index (χ2n) is 4.06. The van der Waals surface area contributed by atoms with Crippen LogP contribution >= 0.6 is 0 Å². The summed E-state index contributed by atoms with van der Waals surface area (Å²) in [7, 11) is -0.328. The molecule has 1 aliphatic rings. The zero-order valence-corrected chi connectivity index (χ0v) is 10.9. The van der Waals surface area contributed by atoms with E-state index in [-0.39, 0.29) is 24.4 Å². The van der Waals surface area contributed by atoms with Gasteiger partial charge in [-0.3, -0.25) is 0 Å². The molecule has 1 rings (SSSR count). The molecule has 1 atom stereocenters. The smallest absolute Gasteiger partial charge is 0.315 e. The fraction of sp³-hybridized carbons (Fsp3) is 0.889. The number of sulfonamides is 1. The number of hydrogen-bond donors (Lipinski definition) is 2. The van der Waals surface area contributed by atoms with Gasteiger partial charge in [0.05, 0.1) is 18.4 Å². The van der Waals surface area contributed by atoms with Gasteiger partial charge in [-0.25, -0.2) is 17.5 Å². The molecule has 0 aliphatic carbocycles. The lowest BCUT2D eigenvalue weighted by atomic mass is 10.3. The van der Waals surface area contributed by atoms with E-state index in [9.17, 15) is 13.2 Å². The molecule has 0 aromatic carbocycles. The van der Waals surface area contributed by atoms with Gasteiger partial charge in [0.15, 0.2) is 0 Å². The number of amides is 2. The summed E-state index contributed by atoms with van der Waals surface area (Å²) >= 11 is 0. The van der Waals surface area contributed by atoms with Gasteiger partial charge in [-0.15, -0.1) is 0 Å². The van der Waals surface area contributed by atoms with Gasteiger partial charge in [-0.05, 0) is 6.42 Å². The Labute approximate surface area is 102 Å². The summed E-state index contributed by atoms with van der Waals surface area (Å²) < 4.78 is 29.0. The molecule has 7 nitrogen and oxygen atoms in total. The van der Waals surface area contributed by atoms with Gasteiger partial charge < -0.3 is 15.4 Å². The van der Waals surface area contributed by atoms with Crippen molar-refractivity contribution >= 4 is 16.1 Å². The molecule has 100 valence electrons. The highest BCUT2D eigenvalue weighted by atomic mass is 32.2. The molecule has 0 saturated carbocycles. The molecule has 0 aromatic heterocycles. The lowest BCUT2D eigenvalue weighted by Crippen LogP contribution is -2.44. The molecule has 17 heavy (non-hydrogen) atoms. The molecule has 2 N–H and O–H groups in total. The Morgan fingerprint density at radius 3 is 2.71 bits per heavy atom. The number of urea groups is 1. The molecule has 0 radical (unpaired) electrons. The van der Waals surface area contributed by atoms with E-state index in [2.05, 4.69) is 10.6 Å². The molecule has 0 bridgehead atoms. The summed E-state index contributed by atoms with van der Waals surface area (Å²) in [6.07, 6.45) is 0.795. The topological polar surface area (TPSA) is 87.7 Å². The summed E-state index contributed by atoms with van der Waals surface area (Å²) in [6, 6.07) is -0.324. The SMILES string of the molecule is CN(C)S(=O)(=O)CCNC(=O)NC1CCOC1. The third-order valence-electron chi connectivity index (χ3n) is 2.47. The zero-order valence-electron chi connectivity index (χ0n) is 10.1. The molecule has 0 aromatic rings. The van der Waals surface area contributed by atoms with Crippen molar-refractivity contribution < 1.29 is 17.9 Å². The van der Waals surface area contributed by atoms with Gasteiger partial charge in [0.2, 0.25) is 10.0 Å². The lowest BCUT2D eigenvalue weighted by Gasteiger charge is -2.13. The number of carbonyl (C=O) groups excluding carboxylic acids is 1. The van der Waals surface area contributed by atoms with E-state index in [1.165, 1.54) is 14.1 Å². The minimum atomic E-state index is -3.25. The quantitative estimate of drug-likeness (QED) is 0.665. The maximum Gasteiger partial charge on any atom is 0.315 e. The molecule has 8 heteroatoms. The van der Waals surface area contributed by atoms with Crippen molar-refractivity contribution in [2.24, 2.45) is 0 Å². The minimum Gasteiger partial charge on any atom is -0.379 e. The molecule has 2 amide bonds. The highest BCUT2D eigenvalue weighted by molar-refractivity contribution is 7.89. The van der Waals surface area contributed by atoms with Crippen molar-refractivity contribution in [3.8, 4) is 0 Å². The number of nitrogens with zero attached hydrogens (tertiary/aromatic N) is 1. The lowest BCUT2D eigenvalue weighted by molar-refractivity contribution is 0.188. The zero-order chi connectivity index (χ0) is 12.9. The molecule has 1 saturated heterocycles. The van der Waals surface area contributed by atoms with E-state index >= 15 is 0 Å². The minimum absolute atomic E-state index is 0.0282. The monoisotopic (exact) mass is 265 g/mol. The first kappa shape index (κ1) is 14.2.